The molecule has 0 spiro atoms. The molecule has 0 saturated heterocycles. The third-order valence-corrected chi connectivity index (χ3v) is 5.60. The molecule has 9 heteroatoms. The molecule has 33 heavy (non-hydrogen) atoms. The van der Waals surface area contributed by atoms with Crippen molar-refractivity contribution in [2.75, 3.05) is 18.5 Å². The van der Waals surface area contributed by atoms with E-state index < -0.39 is 6.03 Å². The maximum atomic E-state index is 13.1. The number of halogens is 1. The van der Waals surface area contributed by atoms with Crippen LogP contribution in [0.4, 0.5) is 10.5 Å². The number of hydrogen-bond acceptors (Lipinski definition) is 5. The number of urea groups is 1. The molecule has 8 nitrogen and oxygen atoms in total. The van der Waals surface area contributed by atoms with Gasteiger partial charge in [0.05, 0.1) is 35.6 Å². The van der Waals surface area contributed by atoms with E-state index in [1.54, 1.807) is 48.5 Å². The number of aromatic amines is 1. The molecule has 2 aromatic carbocycles. The first-order valence-corrected chi connectivity index (χ1v) is 10.7. The van der Waals surface area contributed by atoms with Crippen LogP contribution >= 0.6 is 11.6 Å². The number of para-hydroxylation sites is 1. The molecule has 0 unspecified atom stereocenters. The maximum Gasteiger partial charge on any atom is 0.322 e. The van der Waals surface area contributed by atoms with Gasteiger partial charge in [-0.25, -0.2) is 4.79 Å². The van der Waals surface area contributed by atoms with Crippen molar-refractivity contribution in [3.8, 4) is 11.5 Å². The van der Waals surface area contributed by atoms with E-state index in [2.05, 4.69) is 10.3 Å². The molecular formula is C24H20ClN3O5. The van der Waals surface area contributed by atoms with E-state index in [0.717, 1.165) is 5.39 Å². The Morgan fingerprint density at radius 1 is 1.03 bits per heavy atom. The predicted molar refractivity (Wildman–Crippen MR) is 124 cm³/mol. The first kappa shape index (κ1) is 21.0. The number of nitrogens with one attached hydrogen (secondary N) is 2. The molecule has 0 fully saturated rings. The van der Waals surface area contributed by atoms with Gasteiger partial charge in [0, 0.05) is 17.0 Å². The molecule has 0 saturated carbocycles. The van der Waals surface area contributed by atoms with Crippen LogP contribution in [-0.2, 0) is 13.1 Å². The van der Waals surface area contributed by atoms with Gasteiger partial charge in [-0.2, -0.15) is 0 Å². The van der Waals surface area contributed by atoms with Crippen LogP contribution in [0.1, 0.15) is 11.3 Å². The van der Waals surface area contributed by atoms with E-state index in [1.807, 2.05) is 6.07 Å². The van der Waals surface area contributed by atoms with E-state index in [4.69, 9.17) is 25.5 Å². The molecule has 3 heterocycles. The quantitative estimate of drug-likeness (QED) is 0.442. The lowest BCUT2D eigenvalue weighted by molar-refractivity contribution is 0.172. The van der Waals surface area contributed by atoms with Gasteiger partial charge in [0.2, 0.25) is 0 Å². The zero-order valence-electron chi connectivity index (χ0n) is 17.5. The summed E-state index contributed by atoms with van der Waals surface area (Å²) in [6.45, 7) is 1.15. The number of carbonyl (C=O) groups excluding carboxylic acids is 1. The van der Waals surface area contributed by atoms with Gasteiger partial charge in [-0.1, -0.05) is 23.7 Å². The molecule has 2 amide bonds. The van der Waals surface area contributed by atoms with E-state index in [-0.39, 0.29) is 18.6 Å². The minimum atomic E-state index is -0.416. The fourth-order valence-electron chi connectivity index (χ4n) is 3.66. The Bertz CT molecular complexity index is 1370. The van der Waals surface area contributed by atoms with Gasteiger partial charge < -0.3 is 29.1 Å². The number of H-pyrrole nitrogens is 1. The molecule has 1 aliphatic rings. The fourth-order valence-corrected chi connectivity index (χ4v) is 3.84. The van der Waals surface area contributed by atoms with Crippen LogP contribution in [0, 0.1) is 0 Å². The SMILES string of the molecule is O=C(Nc1ccccc1Cl)N(Cc1ccco1)Cc1cc2cc3c(cc2[nH]c1=O)OCCO3. The average molecular weight is 466 g/mol. The van der Waals surface area contributed by atoms with E-state index >= 15 is 0 Å². The minimum Gasteiger partial charge on any atom is -0.486 e. The normalized spacial score (nSPS) is 12.5. The molecule has 0 aliphatic carbocycles. The maximum absolute atomic E-state index is 13.1. The van der Waals surface area contributed by atoms with Crippen LogP contribution in [0.2, 0.25) is 5.02 Å². The van der Waals surface area contributed by atoms with E-state index in [9.17, 15) is 9.59 Å². The van der Waals surface area contributed by atoms with Crippen LogP contribution in [0.15, 0.2) is 70.1 Å². The number of fused-ring (bicyclic) bond motifs is 2. The molecular weight excluding hydrogens is 446 g/mol. The summed E-state index contributed by atoms with van der Waals surface area (Å²) in [4.78, 5) is 30.3. The summed E-state index contributed by atoms with van der Waals surface area (Å²) in [5, 5.41) is 4.00. The summed E-state index contributed by atoms with van der Waals surface area (Å²) in [5.74, 6) is 1.80. The summed E-state index contributed by atoms with van der Waals surface area (Å²) < 4.78 is 16.7. The summed E-state index contributed by atoms with van der Waals surface area (Å²) in [5.41, 5.74) is 1.23. The van der Waals surface area contributed by atoms with Crippen molar-refractivity contribution >= 4 is 34.2 Å². The van der Waals surface area contributed by atoms with Gasteiger partial charge in [-0.3, -0.25) is 4.79 Å². The number of furan rings is 1. The van der Waals surface area contributed by atoms with E-state index in [1.165, 1.54) is 11.2 Å². The van der Waals surface area contributed by atoms with Crippen molar-refractivity contribution in [1.82, 2.24) is 9.88 Å². The zero-order chi connectivity index (χ0) is 22.8. The lowest BCUT2D eigenvalue weighted by Crippen LogP contribution is -2.35. The second kappa shape index (κ2) is 8.91. The summed E-state index contributed by atoms with van der Waals surface area (Å²) in [6.07, 6.45) is 1.54. The van der Waals surface area contributed by atoms with Gasteiger partial charge in [0.25, 0.3) is 5.56 Å². The Morgan fingerprint density at radius 3 is 2.58 bits per heavy atom. The van der Waals surface area contributed by atoms with Crippen LogP contribution in [0.25, 0.3) is 10.9 Å². The Kier molecular flexibility index (Phi) is 5.66. The summed E-state index contributed by atoms with van der Waals surface area (Å²) in [7, 11) is 0. The van der Waals surface area contributed by atoms with Crippen molar-refractivity contribution < 1.29 is 18.7 Å². The lowest BCUT2D eigenvalue weighted by atomic mass is 10.1. The Labute approximate surface area is 193 Å². The number of benzene rings is 2. The Morgan fingerprint density at radius 2 is 1.82 bits per heavy atom. The largest absolute Gasteiger partial charge is 0.486 e. The number of ether oxygens (including phenoxy) is 2. The number of pyridine rings is 1. The second-order valence-electron chi connectivity index (χ2n) is 7.55. The van der Waals surface area contributed by atoms with Crippen molar-refractivity contribution in [3.05, 3.63) is 87.6 Å². The molecule has 2 N–H and O–H groups in total. The Hall–Kier alpha value is -3.91. The number of rotatable bonds is 5. The van der Waals surface area contributed by atoms with Crippen LogP contribution in [-0.4, -0.2) is 29.1 Å². The number of aromatic nitrogens is 1. The standard InChI is InChI=1S/C24H20ClN3O5/c25-18-5-1-2-6-19(18)27-24(30)28(14-17-4-3-7-31-17)13-16-10-15-11-21-22(33-9-8-32-21)12-20(15)26-23(16)29/h1-7,10-12H,8-9,13-14H2,(H,26,29)(H,27,30). The van der Waals surface area contributed by atoms with Crippen LogP contribution < -0.4 is 20.3 Å². The van der Waals surface area contributed by atoms with E-state index in [0.29, 0.717) is 52.3 Å². The number of carbonyl (C=O) groups is 1. The van der Waals surface area contributed by atoms with Gasteiger partial charge in [0.1, 0.15) is 19.0 Å². The molecule has 5 rings (SSSR count). The first-order valence-electron chi connectivity index (χ1n) is 10.4. The topological polar surface area (TPSA) is 96.8 Å². The first-order chi connectivity index (χ1) is 16.1. The van der Waals surface area contributed by atoms with Gasteiger partial charge in [-0.05, 0) is 36.4 Å². The molecule has 168 valence electrons. The smallest absolute Gasteiger partial charge is 0.322 e. The zero-order valence-corrected chi connectivity index (χ0v) is 18.2. The Balaban J connectivity index is 1.46. The van der Waals surface area contributed by atoms with Crippen molar-refractivity contribution in [3.63, 3.8) is 0 Å². The highest BCUT2D eigenvalue weighted by molar-refractivity contribution is 6.33. The summed E-state index contributed by atoms with van der Waals surface area (Å²) >= 11 is 6.20. The number of amides is 2. The number of nitrogens with zero attached hydrogens (tertiary/aromatic N) is 1. The molecule has 0 bridgehead atoms. The lowest BCUT2D eigenvalue weighted by Gasteiger charge is -2.23. The summed E-state index contributed by atoms with van der Waals surface area (Å²) in [6, 6.07) is 15.4. The number of anilines is 1. The van der Waals surface area contributed by atoms with Crippen molar-refractivity contribution in [2.45, 2.75) is 13.1 Å². The highest BCUT2D eigenvalue weighted by Crippen LogP contribution is 2.33. The van der Waals surface area contributed by atoms with Gasteiger partial charge in [0.15, 0.2) is 11.5 Å². The minimum absolute atomic E-state index is 0.0523. The molecule has 1 aliphatic heterocycles. The molecule has 0 atom stereocenters. The third kappa shape index (κ3) is 4.51. The molecule has 2 aromatic heterocycles. The van der Waals surface area contributed by atoms with Gasteiger partial charge in [-0.15, -0.1) is 0 Å². The van der Waals surface area contributed by atoms with Crippen molar-refractivity contribution in [2.24, 2.45) is 0 Å². The monoisotopic (exact) mass is 465 g/mol. The third-order valence-electron chi connectivity index (χ3n) is 5.27. The average Bonchev–Trinajstić information content (AvgIpc) is 3.32. The predicted octanol–water partition coefficient (Wildman–Crippen LogP) is 4.78. The number of hydrogen-bond donors (Lipinski definition) is 2. The second-order valence-corrected chi connectivity index (χ2v) is 7.96. The van der Waals surface area contributed by atoms with Gasteiger partial charge >= 0.3 is 6.03 Å². The van der Waals surface area contributed by atoms with Crippen molar-refractivity contribution in [1.29, 1.82) is 0 Å². The fraction of sp³-hybridized carbons (Fsp3) is 0.167. The molecule has 0 radical (unpaired) electrons. The van der Waals surface area contributed by atoms with Crippen LogP contribution in [0.3, 0.4) is 0 Å². The molecule has 4 aromatic rings. The van der Waals surface area contributed by atoms with Crippen LogP contribution in [0.5, 0.6) is 11.5 Å². The highest BCUT2D eigenvalue weighted by atomic mass is 35.5. The highest BCUT2D eigenvalue weighted by Gasteiger charge is 2.20.